The van der Waals surface area contributed by atoms with Gasteiger partial charge in [0.2, 0.25) is 0 Å². The molecule has 0 radical (unpaired) electrons. The normalized spacial score (nSPS) is 23.4. The molecule has 4 nitrogen and oxygen atoms in total. The van der Waals surface area contributed by atoms with Crippen LogP contribution in [0.1, 0.15) is 43.6 Å². The SMILES string of the molecule is COc1ccc(C(CN2CCN(C)CC2)C2(O)CCCCC2)cc1Br. The Morgan fingerprint density at radius 3 is 2.44 bits per heavy atom. The monoisotopic (exact) mass is 410 g/mol. The highest BCUT2D eigenvalue weighted by atomic mass is 79.9. The Labute approximate surface area is 160 Å². The molecule has 0 aromatic heterocycles. The summed E-state index contributed by atoms with van der Waals surface area (Å²) in [7, 11) is 3.88. The molecule has 140 valence electrons. The van der Waals surface area contributed by atoms with Crippen LogP contribution < -0.4 is 4.74 Å². The number of likely N-dealkylation sites (N-methyl/N-ethyl adjacent to an activating group) is 1. The van der Waals surface area contributed by atoms with E-state index < -0.39 is 5.60 Å². The van der Waals surface area contributed by atoms with E-state index in [4.69, 9.17) is 4.74 Å². The summed E-state index contributed by atoms with van der Waals surface area (Å²) in [6.45, 7) is 5.32. The molecular weight excluding hydrogens is 380 g/mol. The van der Waals surface area contributed by atoms with Crippen LogP contribution in [0.2, 0.25) is 0 Å². The van der Waals surface area contributed by atoms with Gasteiger partial charge < -0.3 is 19.6 Å². The van der Waals surface area contributed by atoms with Gasteiger partial charge in [0, 0.05) is 38.6 Å². The van der Waals surface area contributed by atoms with Crippen molar-refractivity contribution in [3.63, 3.8) is 0 Å². The number of piperazine rings is 1. The maximum atomic E-state index is 11.5. The fraction of sp³-hybridized carbons (Fsp3) is 0.700. The van der Waals surface area contributed by atoms with Gasteiger partial charge in [-0.15, -0.1) is 0 Å². The van der Waals surface area contributed by atoms with E-state index in [-0.39, 0.29) is 5.92 Å². The van der Waals surface area contributed by atoms with E-state index in [0.717, 1.165) is 68.6 Å². The molecule has 1 aromatic rings. The summed E-state index contributed by atoms with van der Waals surface area (Å²) in [6.07, 6.45) is 5.33. The minimum atomic E-state index is -0.588. The van der Waals surface area contributed by atoms with E-state index in [2.05, 4.69) is 44.9 Å². The predicted octanol–water partition coefficient (Wildman–Crippen LogP) is 3.48. The van der Waals surface area contributed by atoms with Gasteiger partial charge in [0.15, 0.2) is 0 Å². The second-order valence-corrected chi connectivity index (χ2v) is 8.57. The van der Waals surface area contributed by atoms with E-state index in [0.29, 0.717) is 0 Å². The van der Waals surface area contributed by atoms with Crippen LogP contribution >= 0.6 is 15.9 Å². The third kappa shape index (κ3) is 4.57. The number of ether oxygens (including phenoxy) is 1. The van der Waals surface area contributed by atoms with Crippen molar-refractivity contribution >= 4 is 15.9 Å². The number of hydrogen-bond donors (Lipinski definition) is 1. The Hall–Kier alpha value is -0.620. The van der Waals surface area contributed by atoms with Gasteiger partial charge in [0.25, 0.3) is 0 Å². The zero-order chi connectivity index (χ0) is 17.9. The molecular formula is C20H31BrN2O2. The molecule has 0 bridgehead atoms. The summed E-state index contributed by atoms with van der Waals surface area (Å²) >= 11 is 3.62. The number of nitrogens with zero attached hydrogens (tertiary/aromatic N) is 2. The Morgan fingerprint density at radius 1 is 1.16 bits per heavy atom. The third-order valence-corrected chi connectivity index (χ3v) is 6.60. The van der Waals surface area contributed by atoms with Crippen LogP contribution in [0.25, 0.3) is 0 Å². The van der Waals surface area contributed by atoms with Crippen molar-refractivity contribution in [1.29, 1.82) is 0 Å². The average molecular weight is 411 g/mol. The smallest absolute Gasteiger partial charge is 0.133 e. The Bertz CT molecular complexity index is 567. The second kappa shape index (κ2) is 8.38. The predicted molar refractivity (Wildman–Crippen MR) is 105 cm³/mol. The van der Waals surface area contributed by atoms with Gasteiger partial charge in [0.05, 0.1) is 17.2 Å². The molecule has 3 rings (SSSR count). The maximum absolute atomic E-state index is 11.5. The fourth-order valence-corrected chi connectivity index (χ4v) is 4.84. The van der Waals surface area contributed by atoms with Crippen LogP contribution in [0, 0.1) is 0 Å². The van der Waals surface area contributed by atoms with Crippen molar-refractivity contribution in [2.45, 2.75) is 43.6 Å². The Kier molecular flexibility index (Phi) is 6.42. The lowest BCUT2D eigenvalue weighted by Gasteiger charge is -2.43. The lowest BCUT2D eigenvalue weighted by Crippen LogP contribution is -2.50. The molecule has 1 aromatic carbocycles. The molecule has 1 saturated heterocycles. The first kappa shape index (κ1) is 19.2. The summed E-state index contributed by atoms with van der Waals surface area (Å²) in [4.78, 5) is 4.90. The summed E-state index contributed by atoms with van der Waals surface area (Å²) in [5, 5.41) is 11.5. The van der Waals surface area contributed by atoms with Gasteiger partial charge in [-0.25, -0.2) is 0 Å². The summed E-state index contributed by atoms with van der Waals surface area (Å²) in [5.74, 6) is 0.996. The van der Waals surface area contributed by atoms with Crippen LogP contribution in [0.15, 0.2) is 22.7 Å². The van der Waals surface area contributed by atoms with Crippen LogP contribution in [0.4, 0.5) is 0 Å². The van der Waals surface area contributed by atoms with Crippen molar-refractivity contribution < 1.29 is 9.84 Å². The first-order valence-electron chi connectivity index (χ1n) is 9.48. The Balaban J connectivity index is 1.84. The lowest BCUT2D eigenvalue weighted by atomic mass is 9.72. The number of benzene rings is 1. The van der Waals surface area contributed by atoms with Gasteiger partial charge in [-0.05, 0) is 53.5 Å². The van der Waals surface area contributed by atoms with Crippen molar-refractivity contribution in [2.75, 3.05) is 46.9 Å². The summed E-state index contributed by atoms with van der Waals surface area (Å²) in [5.41, 5.74) is 0.631. The molecule has 1 saturated carbocycles. The number of methoxy groups -OCH3 is 1. The van der Waals surface area contributed by atoms with E-state index in [1.54, 1.807) is 7.11 Å². The average Bonchev–Trinajstić information content (AvgIpc) is 2.61. The number of rotatable bonds is 5. The molecule has 25 heavy (non-hydrogen) atoms. The topological polar surface area (TPSA) is 35.9 Å². The molecule has 5 heteroatoms. The van der Waals surface area contributed by atoms with Gasteiger partial charge in [-0.1, -0.05) is 25.3 Å². The van der Waals surface area contributed by atoms with Gasteiger partial charge in [0.1, 0.15) is 5.75 Å². The molecule has 1 heterocycles. The number of hydrogen-bond acceptors (Lipinski definition) is 4. The van der Waals surface area contributed by atoms with Crippen LogP contribution in [-0.2, 0) is 0 Å². The number of halogens is 1. The van der Waals surface area contributed by atoms with E-state index >= 15 is 0 Å². The van der Waals surface area contributed by atoms with Gasteiger partial charge >= 0.3 is 0 Å². The molecule has 0 spiro atoms. The molecule has 1 aliphatic heterocycles. The molecule has 2 aliphatic rings. The van der Waals surface area contributed by atoms with E-state index in [1.165, 1.54) is 12.0 Å². The van der Waals surface area contributed by atoms with Gasteiger partial charge in [-0.2, -0.15) is 0 Å². The molecule has 1 unspecified atom stereocenters. The quantitative estimate of drug-likeness (QED) is 0.805. The minimum Gasteiger partial charge on any atom is -0.496 e. The van der Waals surface area contributed by atoms with Crippen LogP contribution in [-0.4, -0.2) is 67.4 Å². The molecule has 0 amide bonds. The first-order chi connectivity index (χ1) is 12.0. The summed E-state index contributed by atoms with van der Waals surface area (Å²) in [6, 6.07) is 6.30. The highest BCUT2D eigenvalue weighted by Gasteiger charge is 2.40. The van der Waals surface area contributed by atoms with E-state index in [1.807, 2.05) is 6.07 Å². The van der Waals surface area contributed by atoms with Crippen LogP contribution in [0.3, 0.4) is 0 Å². The minimum absolute atomic E-state index is 0.151. The molecule has 1 aliphatic carbocycles. The van der Waals surface area contributed by atoms with Gasteiger partial charge in [-0.3, -0.25) is 0 Å². The zero-order valence-electron chi connectivity index (χ0n) is 15.5. The van der Waals surface area contributed by atoms with Crippen molar-refractivity contribution in [1.82, 2.24) is 9.80 Å². The van der Waals surface area contributed by atoms with E-state index in [9.17, 15) is 5.11 Å². The molecule has 1 N–H and O–H groups in total. The van der Waals surface area contributed by atoms with Crippen molar-refractivity contribution in [2.24, 2.45) is 0 Å². The highest BCUT2D eigenvalue weighted by molar-refractivity contribution is 9.10. The zero-order valence-corrected chi connectivity index (χ0v) is 17.1. The fourth-order valence-electron chi connectivity index (χ4n) is 4.29. The number of aliphatic hydroxyl groups is 1. The maximum Gasteiger partial charge on any atom is 0.133 e. The molecule has 2 fully saturated rings. The molecule has 1 atom stereocenters. The van der Waals surface area contributed by atoms with Crippen LogP contribution in [0.5, 0.6) is 5.75 Å². The van der Waals surface area contributed by atoms with Crippen molar-refractivity contribution in [3.8, 4) is 5.75 Å². The first-order valence-corrected chi connectivity index (χ1v) is 10.3. The largest absolute Gasteiger partial charge is 0.496 e. The van der Waals surface area contributed by atoms with Crippen molar-refractivity contribution in [3.05, 3.63) is 28.2 Å². The highest BCUT2D eigenvalue weighted by Crippen LogP contribution is 2.42. The third-order valence-electron chi connectivity index (χ3n) is 5.98. The summed E-state index contributed by atoms with van der Waals surface area (Å²) < 4.78 is 6.35. The standard InChI is InChI=1S/C20H31BrN2O2/c1-22-10-12-23(13-11-22)15-17(20(24)8-4-3-5-9-20)16-6-7-19(25-2)18(21)14-16/h6-7,14,17,24H,3-5,8-13,15H2,1-2H3. The lowest BCUT2D eigenvalue weighted by molar-refractivity contribution is -0.0337. The second-order valence-electron chi connectivity index (χ2n) is 7.71. The Morgan fingerprint density at radius 2 is 1.84 bits per heavy atom.